The number of hydrogen-bond donors (Lipinski definition) is 2. The minimum atomic E-state index is -6.07. The molecule has 55 heavy (non-hydrogen) atoms. The van der Waals surface area contributed by atoms with Gasteiger partial charge in [-0.2, -0.15) is 43.9 Å². The van der Waals surface area contributed by atoms with E-state index in [-0.39, 0.29) is 28.9 Å². The largest absolute Gasteiger partial charge is 0.461 e. The molecule has 0 saturated carbocycles. The number of ether oxygens (including phenoxy) is 2. The Bertz CT molecular complexity index is 2080. The van der Waals surface area contributed by atoms with Gasteiger partial charge in [0.1, 0.15) is 23.0 Å². The molecule has 7 nitrogen and oxygen atoms in total. The second kappa shape index (κ2) is 15.3. The van der Waals surface area contributed by atoms with Gasteiger partial charge in [-0.3, -0.25) is 9.59 Å². The van der Waals surface area contributed by atoms with Gasteiger partial charge in [0.05, 0.1) is 0 Å². The topological polar surface area (TPSA) is 85.9 Å². The average Bonchev–Trinajstić information content (AvgIpc) is 3.13. The molecular weight excluding hydrogens is 761 g/mol. The van der Waals surface area contributed by atoms with E-state index in [1.807, 2.05) is 0 Å². The molecule has 0 saturated heterocycles. The number of amides is 2. The summed E-state index contributed by atoms with van der Waals surface area (Å²) in [5.74, 6) is -8.65. The van der Waals surface area contributed by atoms with Crippen LogP contribution in [-0.4, -0.2) is 36.2 Å². The zero-order chi connectivity index (χ0) is 40.2. The first kappa shape index (κ1) is 40.0. The van der Waals surface area contributed by atoms with Crippen LogP contribution >= 0.6 is 0 Å². The van der Waals surface area contributed by atoms with Gasteiger partial charge in [-0.25, -0.2) is 0 Å². The molecule has 5 aromatic rings. The lowest BCUT2D eigenvalue weighted by atomic mass is 9.73. The minimum Gasteiger partial charge on any atom is -0.457 e. The average molecular weight is 785 g/mol. The third-order valence-corrected chi connectivity index (χ3v) is 7.92. The van der Waals surface area contributed by atoms with Crippen LogP contribution in [0.25, 0.3) is 0 Å². The molecule has 1 atom stereocenters. The van der Waals surface area contributed by atoms with E-state index < -0.39 is 52.5 Å². The smallest absolute Gasteiger partial charge is 0.457 e. The molecule has 5 rings (SSSR count). The summed E-state index contributed by atoms with van der Waals surface area (Å²) in [5, 5.41) is 4.11. The van der Waals surface area contributed by atoms with E-state index in [1.54, 1.807) is 30.3 Å². The zero-order valence-corrected chi connectivity index (χ0v) is 27.3. The van der Waals surface area contributed by atoms with Gasteiger partial charge in [-0.15, -0.1) is 4.94 Å². The Hall–Kier alpha value is -6.17. The highest BCUT2D eigenvalue weighted by Crippen LogP contribution is 2.56. The lowest BCUT2D eigenvalue weighted by molar-refractivity contribution is -0.379. The Balaban J connectivity index is 1.32. The van der Waals surface area contributed by atoms with Crippen LogP contribution in [0.2, 0.25) is 0 Å². The van der Waals surface area contributed by atoms with Gasteiger partial charge in [-0.1, -0.05) is 42.5 Å². The van der Waals surface area contributed by atoms with E-state index in [1.165, 1.54) is 29.6 Å². The van der Waals surface area contributed by atoms with Crippen molar-refractivity contribution in [1.82, 2.24) is 0 Å². The Morgan fingerprint density at radius 3 is 1.16 bits per heavy atom. The molecule has 0 spiro atoms. The fraction of sp³-hybridized carbons (Fsp3) is 0.135. The van der Waals surface area contributed by atoms with Gasteiger partial charge in [-0.05, 0) is 101 Å². The van der Waals surface area contributed by atoms with E-state index in [0.717, 1.165) is 48.5 Å². The van der Waals surface area contributed by atoms with Gasteiger partial charge in [0.2, 0.25) is 5.41 Å². The summed E-state index contributed by atoms with van der Waals surface area (Å²) in [7, 11) is 0. The summed E-state index contributed by atoms with van der Waals surface area (Å²) in [5.41, 5.74) is -6.64. The van der Waals surface area contributed by atoms with Crippen LogP contribution in [0.4, 0.5) is 59.8 Å². The second-order valence-corrected chi connectivity index (χ2v) is 11.5. The fourth-order valence-electron chi connectivity index (χ4n) is 5.22. The normalized spacial score (nSPS) is 13.4. The highest BCUT2D eigenvalue weighted by Gasteiger charge is 2.72. The molecule has 0 bridgehead atoms. The van der Waals surface area contributed by atoms with Gasteiger partial charge < -0.3 is 20.1 Å². The summed E-state index contributed by atoms with van der Waals surface area (Å²) in [4.78, 5) is 26.2. The standard InChI is InChI=1S/C37H23F11N2O5/c38-34(55-48,37(45,46)47)32(52)50-26-12-20-30(21-13-26)54-28-16-8-24(9-17-28)33(35(39,40)41,36(42,43)44)23-6-14-27(15-7-23)53-29-18-10-25(11-19-29)49-31(51)22-4-2-1-3-5-22/h1-21H,(H,49,51)(H,50,52). The van der Waals surface area contributed by atoms with Crippen LogP contribution in [0.1, 0.15) is 21.5 Å². The molecule has 0 radical (unpaired) electrons. The van der Waals surface area contributed by atoms with Crippen LogP contribution in [0.3, 0.4) is 0 Å². The molecule has 0 aliphatic heterocycles. The molecule has 0 fully saturated rings. The number of rotatable bonds is 11. The van der Waals surface area contributed by atoms with E-state index in [2.05, 4.69) is 10.3 Å². The molecule has 5 aromatic carbocycles. The van der Waals surface area contributed by atoms with Crippen molar-refractivity contribution in [1.29, 1.82) is 0 Å². The molecule has 2 N–H and O–H groups in total. The van der Waals surface area contributed by atoms with Crippen molar-refractivity contribution in [2.24, 2.45) is 0 Å². The summed E-state index contributed by atoms with van der Waals surface area (Å²) in [6.45, 7) is 0. The van der Waals surface area contributed by atoms with Crippen molar-refractivity contribution in [2.75, 3.05) is 10.6 Å². The first-order valence-electron chi connectivity index (χ1n) is 15.4. The third kappa shape index (κ3) is 8.33. The highest BCUT2D eigenvalue weighted by molar-refractivity contribution is 6.04. The summed E-state index contributed by atoms with van der Waals surface area (Å²) >= 11 is 0. The number of hydrogen-bond acceptors (Lipinski definition) is 5. The van der Waals surface area contributed by atoms with Crippen molar-refractivity contribution >= 4 is 23.2 Å². The Kier molecular flexibility index (Phi) is 11.1. The number of carbonyl (C=O) groups is 2. The van der Waals surface area contributed by atoms with E-state index >= 15 is 0 Å². The summed E-state index contributed by atoms with van der Waals surface area (Å²) in [6, 6.07) is 23.7. The maximum absolute atomic E-state index is 14.7. The first-order chi connectivity index (χ1) is 25.8. The van der Waals surface area contributed by atoms with Crippen LogP contribution in [0, 0.1) is 0 Å². The monoisotopic (exact) mass is 784 g/mol. The summed E-state index contributed by atoms with van der Waals surface area (Å²) < 4.78 is 163. The lowest BCUT2D eigenvalue weighted by Crippen LogP contribution is -2.54. The van der Waals surface area contributed by atoms with Crippen LogP contribution in [0.15, 0.2) is 127 Å². The predicted octanol–water partition coefficient (Wildman–Crippen LogP) is 11.0. The first-order valence-corrected chi connectivity index (χ1v) is 15.4. The number of benzene rings is 5. The SMILES string of the molecule is O=C(Nc1ccc(Oc2ccc(C(c3ccc(Oc4ccc(NC(=O)C(F)(OF)C(F)(F)F)cc4)cc3)(C(F)(F)F)C(F)(F)F)cc2)cc1)c1ccccc1. The van der Waals surface area contributed by atoms with Crippen molar-refractivity contribution in [2.45, 2.75) is 29.8 Å². The Morgan fingerprint density at radius 2 is 0.818 bits per heavy atom. The molecule has 0 heterocycles. The zero-order valence-electron chi connectivity index (χ0n) is 27.3. The number of nitrogens with one attached hydrogen (secondary N) is 2. The second-order valence-electron chi connectivity index (χ2n) is 11.5. The van der Waals surface area contributed by atoms with E-state index in [0.29, 0.717) is 35.5 Å². The van der Waals surface area contributed by atoms with Crippen LogP contribution < -0.4 is 20.1 Å². The molecule has 1 unspecified atom stereocenters. The molecule has 288 valence electrons. The van der Waals surface area contributed by atoms with Crippen LogP contribution in [-0.2, 0) is 15.2 Å². The van der Waals surface area contributed by atoms with E-state index in [4.69, 9.17) is 9.47 Å². The van der Waals surface area contributed by atoms with Gasteiger partial charge in [0, 0.05) is 16.9 Å². The van der Waals surface area contributed by atoms with Crippen molar-refractivity contribution < 1.29 is 72.4 Å². The van der Waals surface area contributed by atoms with Crippen molar-refractivity contribution in [3.05, 3.63) is 144 Å². The molecular formula is C37H23F11N2O5. The third-order valence-electron chi connectivity index (χ3n) is 7.92. The predicted molar refractivity (Wildman–Crippen MR) is 174 cm³/mol. The Labute approximate surface area is 303 Å². The van der Waals surface area contributed by atoms with Crippen LogP contribution in [0.5, 0.6) is 23.0 Å². The van der Waals surface area contributed by atoms with Gasteiger partial charge in [0.25, 0.3) is 5.91 Å². The number of halogens is 11. The molecule has 2 amide bonds. The van der Waals surface area contributed by atoms with Crippen molar-refractivity contribution in [3.8, 4) is 23.0 Å². The Morgan fingerprint density at radius 1 is 0.455 bits per heavy atom. The molecule has 0 aliphatic rings. The van der Waals surface area contributed by atoms with Crippen molar-refractivity contribution in [3.63, 3.8) is 0 Å². The van der Waals surface area contributed by atoms with Gasteiger partial charge in [0.15, 0.2) is 0 Å². The molecule has 18 heteroatoms. The molecule has 0 aliphatic carbocycles. The maximum atomic E-state index is 14.7. The lowest BCUT2D eigenvalue weighted by Gasteiger charge is -2.38. The highest BCUT2D eigenvalue weighted by atomic mass is 19.4. The number of carbonyl (C=O) groups excluding carboxylic acids is 2. The maximum Gasteiger partial charge on any atom is 0.461 e. The van der Waals surface area contributed by atoms with Gasteiger partial charge >= 0.3 is 30.3 Å². The molecule has 0 aromatic heterocycles. The number of anilines is 2. The van der Waals surface area contributed by atoms with E-state index in [9.17, 15) is 58.0 Å². The fourth-order valence-corrected chi connectivity index (χ4v) is 5.22. The summed E-state index contributed by atoms with van der Waals surface area (Å²) in [6.07, 6.45) is -17.9. The number of alkyl halides is 10. The minimum absolute atomic E-state index is 0.0995. The quantitative estimate of drug-likeness (QED) is 0.130.